The molecule has 0 saturated carbocycles. The van der Waals surface area contributed by atoms with Gasteiger partial charge in [0.15, 0.2) is 0 Å². The summed E-state index contributed by atoms with van der Waals surface area (Å²) in [7, 11) is 1.67. The van der Waals surface area contributed by atoms with Crippen LogP contribution in [-0.4, -0.2) is 26.4 Å². The molecule has 0 aliphatic carbocycles. The Morgan fingerprint density at radius 3 is 2.17 bits per heavy atom. The lowest BCUT2D eigenvalue weighted by atomic mass is 9.89. The number of hydrogen-bond donors (Lipinski definition) is 0. The smallest absolute Gasteiger partial charge is 0.141 e. The maximum atomic E-state index is 6.60. The van der Waals surface area contributed by atoms with Gasteiger partial charge in [-0.3, -0.25) is 4.57 Å². The summed E-state index contributed by atoms with van der Waals surface area (Å²) >= 11 is 0. The van der Waals surface area contributed by atoms with E-state index in [-0.39, 0.29) is 0 Å². The molecule has 0 saturated heterocycles. The molecule has 4 aromatic carbocycles. The minimum absolute atomic E-state index is 0.486. The van der Waals surface area contributed by atoms with E-state index < -0.39 is 0 Å². The van der Waals surface area contributed by atoms with Gasteiger partial charge in [-0.2, -0.15) is 5.10 Å². The van der Waals surface area contributed by atoms with Crippen molar-refractivity contribution in [2.75, 3.05) is 7.11 Å². The molecule has 47 heavy (non-hydrogen) atoms. The Kier molecular flexibility index (Phi) is 7.59. The number of rotatable bonds is 7. The largest absolute Gasteiger partial charge is 0.497 e. The van der Waals surface area contributed by atoms with Gasteiger partial charge in [-0.05, 0) is 105 Å². The minimum atomic E-state index is 0.486. The van der Waals surface area contributed by atoms with Crippen molar-refractivity contribution < 1.29 is 9.47 Å². The maximum absolute atomic E-state index is 6.60. The van der Waals surface area contributed by atoms with Crippen LogP contribution in [0.25, 0.3) is 44.4 Å². The zero-order valence-corrected chi connectivity index (χ0v) is 28.3. The summed E-state index contributed by atoms with van der Waals surface area (Å²) in [5, 5.41) is 7.33. The van der Waals surface area contributed by atoms with E-state index in [0.29, 0.717) is 5.92 Å². The third-order valence-electron chi connectivity index (χ3n) is 9.11. The second-order valence-electron chi connectivity index (χ2n) is 12.8. The normalized spacial score (nSPS) is 11.6. The topological polar surface area (TPSA) is 54.1 Å². The number of fused-ring (bicyclic) bond motifs is 3. The molecule has 7 aromatic rings. The average Bonchev–Trinajstić information content (AvgIpc) is 3.53. The number of aryl methyl sites for hydroxylation is 4. The molecule has 0 N–H and O–H groups in total. The van der Waals surface area contributed by atoms with E-state index in [1.165, 1.54) is 27.8 Å². The molecule has 0 unspecified atom stereocenters. The van der Waals surface area contributed by atoms with Crippen molar-refractivity contribution in [1.29, 1.82) is 0 Å². The summed E-state index contributed by atoms with van der Waals surface area (Å²) in [5.74, 6) is 3.52. The van der Waals surface area contributed by atoms with Crippen molar-refractivity contribution in [3.63, 3.8) is 0 Å². The van der Waals surface area contributed by atoms with Crippen LogP contribution in [0.1, 0.15) is 53.4 Å². The first-order chi connectivity index (χ1) is 22.6. The van der Waals surface area contributed by atoms with E-state index in [9.17, 15) is 0 Å². The van der Waals surface area contributed by atoms with Gasteiger partial charge >= 0.3 is 0 Å². The highest BCUT2D eigenvalue weighted by Crippen LogP contribution is 2.38. The lowest BCUT2D eigenvalue weighted by Gasteiger charge is -2.16. The maximum Gasteiger partial charge on any atom is 0.141 e. The van der Waals surface area contributed by atoms with Crippen molar-refractivity contribution in [3.8, 4) is 39.9 Å². The van der Waals surface area contributed by atoms with Gasteiger partial charge in [-0.25, -0.2) is 9.67 Å². The van der Waals surface area contributed by atoms with Gasteiger partial charge in [0.2, 0.25) is 0 Å². The zero-order valence-electron chi connectivity index (χ0n) is 28.3. The highest BCUT2D eigenvalue weighted by molar-refractivity contribution is 6.09. The minimum Gasteiger partial charge on any atom is -0.497 e. The molecule has 6 nitrogen and oxygen atoms in total. The van der Waals surface area contributed by atoms with E-state index in [1.807, 2.05) is 18.2 Å². The molecule has 0 radical (unpaired) electrons. The first kappa shape index (κ1) is 30.3. The first-order valence-electron chi connectivity index (χ1n) is 16.1. The Balaban J connectivity index is 1.29. The fourth-order valence-corrected chi connectivity index (χ4v) is 6.94. The summed E-state index contributed by atoms with van der Waals surface area (Å²) in [6.07, 6.45) is 1.77. The first-order valence-corrected chi connectivity index (χ1v) is 16.1. The Bertz CT molecular complexity index is 2280. The average molecular weight is 621 g/mol. The second kappa shape index (κ2) is 11.8. The van der Waals surface area contributed by atoms with Crippen molar-refractivity contribution >= 4 is 21.8 Å². The molecule has 3 heterocycles. The van der Waals surface area contributed by atoms with Crippen LogP contribution in [0.2, 0.25) is 0 Å². The molecule has 0 spiro atoms. The van der Waals surface area contributed by atoms with E-state index in [4.69, 9.17) is 19.6 Å². The van der Waals surface area contributed by atoms with Gasteiger partial charge in [0.1, 0.15) is 23.1 Å². The number of pyridine rings is 1. The molecule has 0 atom stereocenters. The van der Waals surface area contributed by atoms with Crippen molar-refractivity contribution in [1.82, 2.24) is 19.3 Å². The SMILES string of the molecule is COc1ccnc(-n2c3ccccc3c3ccc(Oc4cc(C)cc(-n5nc(C)c(-c6c(C)cc(C(C)C)cc6C)c5C)c4)cc32)c1. The number of aromatic nitrogens is 4. The van der Waals surface area contributed by atoms with E-state index in [1.54, 1.807) is 13.3 Å². The van der Waals surface area contributed by atoms with Crippen LogP contribution in [0.15, 0.2) is 91.1 Å². The molecule has 6 heteroatoms. The third kappa shape index (κ3) is 5.34. The number of nitrogens with zero attached hydrogens (tertiary/aromatic N) is 4. The third-order valence-corrected chi connectivity index (χ3v) is 9.11. The monoisotopic (exact) mass is 620 g/mol. The summed E-state index contributed by atoms with van der Waals surface area (Å²) in [5.41, 5.74) is 12.7. The highest BCUT2D eigenvalue weighted by Gasteiger charge is 2.20. The predicted molar refractivity (Wildman–Crippen MR) is 192 cm³/mol. The fourth-order valence-electron chi connectivity index (χ4n) is 6.94. The van der Waals surface area contributed by atoms with Crippen LogP contribution >= 0.6 is 0 Å². The standard InChI is InChI=1S/C41H40N4O2/c1-24(2)30-19-26(4)40(27(5)20-30)41-28(6)43-45(29(41)7)31-17-25(3)18-34(21-31)47-33-13-14-36-35-11-9-10-12-37(35)44(38(36)22-33)39-23-32(46-8)15-16-42-39/h9-24H,1-8H3. The lowest BCUT2D eigenvalue weighted by Crippen LogP contribution is -2.01. The van der Waals surface area contributed by atoms with Gasteiger partial charge in [-0.1, -0.05) is 44.2 Å². The van der Waals surface area contributed by atoms with Crippen LogP contribution in [0.4, 0.5) is 0 Å². The van der Waals surface area contributed by atoms with Crippen molar-refractivity contribution in [2.45, 2.75) is 54.4 Å². The van der Waals surface area contributed by atoms with Crippen LogP contribution in [0.5, 0.6) is 17.2 Å². The zero-order chi connectivity index (χ0) is 33.0. The van der Waals surface area contributed by atoms with Crippen molar-refractivity contribution in [3.05, 3.63) is 125 Å². The molecule has 0 bridgehead atoms. The van der Waals surface area contributed by atoms with Crippen LogP contribution < -0.4 is 9.47 Å². The summed E-state index contributed by atoms with van der Waals surface area (Å²) in [4.78, 5) is 4.69. The molecule has 3 aromatic heterocycles. The number of benzene rings is 4. The number of hydrogen-bond acceptors (Lipinski definition) is 4. The van der Waals surface area contributed by atoms with Crippen LogP contribution in [0, 0.1) is 34.6 Å². The van der Waals surface area contributed by atoms with Gasteiger partial charge in [-0.15, -0.1) is 0 Å². The predicted octanol–water partition coefficient (Wildman–Crippen LogP) is 10.5. The number of ether oxygens (including phenoxy) is 2. The molecule has 0 aliphatic rings. The summed E-state index contributed by atoms with van der Waals surface area (Å²) in [6, 6.07) is 29.4. The fraction of sp³-hybridized carbons (Fsp3) is 0.220. The summed E-state index contributed by atoms with van der Waals surface area (Å²) in [6.45, 7) is 15.3. The van der Waals surface area contributed by atoms with Crippen LogP contribution in [-0.2, 0) is 0 Å². The molecule has 236 valence electrons. The van der Waals surface area contributed by atoms with Gasteiger partial charge in [0.25, 0.3) is 0 Å². The molecular weight excluding hydrogens is 580 g/mol. The molecule has 0 amide bonds. The van der Waals surface area contributed by atoms with Gasteiger partial charge < -0.3 is 9.47 Å². The Morgan fingerprint density at radius 2 is 1.43 bits per heavy atom. The Hall–Kier alpha value is -5.36. The van der Waals surface area contributed by atoms with E-state index in [2.05, 4.69) is 124 Å². The number of methoxy groups -OCH3 is 1. The Labute approximate surface area is 276 Å². The Morgan fingerprint density at radius 1 is 0.681 bits per heavy atom. The molecular formula is C41H40N4O2. The van der Waals surface area contributed by atoms with Gasteiger partial charge in [0.05, 0.1) is 29.5 Å². The number of para-hydroxylation sites is 1. The lowest BCUT2D eigenvalue weighted by molar-refractivity contribution is 0.414. The van der Waals surface area contributed by atoms with Crippen molar-refractivity contribution in [2.24, 2.45) is 0 Å². The summed E-state index contributed by atoms with van der Waals surface area (Å²) < 4.78 is 16.3. The quantitative estimate of drug-likeness (QED) is 0.178. The molecule has 0 fully saturated rings. The van der Waals surface area contributed by atoms with E-state index >= 15 is 0 Å². The van der Waals surface area contributed by atoms with Crippen LogP contribution in [0.3, 0.4) is 0 Å². The highest BCUT2D eigenvalue weighted by atomic mass is 16.5. The molecule has 7 rings (SSSR count). The van der Waals surface area contributed by atoms with E-state index in [0.717, 1.165) is 67.5 Å². The molecule has 0 aliphatic heterocycles. The van der Waals surface area contributed by atoms with Gasteiger partial charge in [0, 0.05) is 46.4 Å². The second-order valence-corrected chi connectivity index (χ2v) is 12.8.